The van der Waals surface area contributed by atoms with Gasteiger partial charge >= 0.3 is 0 Å². The monoisotopic (exact) mass is 438 g/mol. The molecule has 0 atom stereocenters. The van der Waals surface area contributed by atoms with E-state index >= 15 is 0 Å². The van der Waals surface area contributed by atoms with E-state index in [0.29, 0.717) is 60.8 Å². The average Bonchev–Trinajstić information content (AvgIpc) is 2.85. The summed E-state index contributed by atoms with van der Waals surface area (Å²) in [7, 11) is 3.10. The number of carbonyl (C=O) groups excluding carboxylic acids is 1. The molecule has 0 aliphatic carbocycles. The van der Waals surface area contributed by atoms with Crippen LogP contribution >= 0.6 is 0 Å². The summed E-state index contributed by atoms with van der Waals surface area (Å²) < 4.78 is 29.3. The fraction of sp³-hybridized carbons (Fsp3) is 0.261. The van der Waals surface area contributed by atoms with Gasteiger partial charge in [0.25, 0.3) is 5.91 Å². The van der Waals surface area contributed by atoms with Gasteiger partial charge in [-0.25, -0.2) is 9.37 Å². The molecule has 1 aliphatic heterocycles. The topological polar surface area (TPSA) is 77.0 Å². The predicted molar refractivity (Wildman–Crippen MR) is 116 cm³/mol. The second-order valence-electron chi connectivity index (χ2n) is 7.13. The molecular weight excluding hydrogens is 415 g/mol. The molecule has 1 aromatic heterocycles. The number of hydrogen-bond acceptors (Lipinski definition) is 7. The Balaban J connectivity index is 1.40. The van der Waals surface area contributed by atoms with E-state index in [9.17, 15) is 9.18 Å². The Bertz CT molecular complexity index is 1060. The van der Waals surface area contributed by atoms with Crippen molar-refractivity contribution >= 4 is 11.9 Å². The van der Waals surface area contributed by atoms with Gasteiger partial charge in [-0.1, -0.05) is 0 Å². The van der Waals surface area contributed by atoms with E-state index in [1.54, 1.807) is 49.6 Å². The van der Waals surface area contributed by atoms with E-state index in [2.05, 4.69) is 9.97 Å². The Labute approximate surface area is 185 Å². The smallest absolute Gasteiger partial charge is 0.254 e. The van der Waals surface area contributed by atoms with Gasteiger partial charge in [-0.3, -0.25) is 4.79 Å². The standard InChI is InChI=1S/C23H23FN4O4/c1-30-19-13-16(14-20(15-19)31-2)22(29)27-9-11-28(12-10-27)23-25-8-7-21(26-23)32-18-5-3-17(24)4-6-18/h3-8,13-15H,9-12H2,1-2H3. The van der Waals surface area contributed by atoms with Gasteiger partial charge in [0.2, 0.25) is 11.8 Å². The van der Waals surface area contributed by atoms with E-state index < -0.39 is 0 Å². The second kappa shape index (κ2) is 9.51. The van der Waals surface area contributed by atoms with Crippen molar-refractivity contribution < 1.29 is 23.4 Å². The number of nitrogens with zero attached hydrogens (tertiary/aromatic N) is 4. The van der Waals surface area contributed by atoms with Crippen LogP contribution in [0.1, 0.15) is 10.4 Å². The number of rotatable bonds is 6. The van der Waals surface area contributed by atoms with E-state index in [-0.39, 0.29) is 11.7 Å². The van der Waals surface area contributed by atoms with Crippen LogP contribution in [-0.2, 0) is 0 Å². The number of ether oxygens (including phenoxy) is 3. The van der Waals surface area contributed by atoms with Crippen molar-refractivity contribution in [3.8, 4) is 23.1 Å². The van der Waals surface area contributed by atoms with Crippen molar-refractivity contribution in [1.82, 2.24) is 14.9 Å². The fourth-order valence-electron chi connectivity index (χ4n) is 3.39. The highest BCUT2D eigenvalue weighted by Crippen LogP contribution is 2.25. The number of anilines is 1. The van der Waals surface area contributed by atoms with Gasteiger partial charge in [0.15, 0.2) is 0 Å². The fourth-order valence-corrected chi connectivity index (χ4v) is 3.39. The third-order valence-electron chi connectivity index (χ3n) is 5.10. The number of amides is 1. The minimum atomic E-state index is -0.333. The molecule has 0 bridgehead atoms. The summed E-state index contributed by atoms with van der Waals surface area (Å²) in [6.07, 6.45) is 1.61. The summed E-state index contributed by atoms with van der Waals surface area (Å²) >= 11 is 0. The number of carbonyl (C=O) groups is 1. The Morgan fingerprint density at radius 3 is 2.19 bits per heavy atom. The normalized spacial score (nSPS) is 13.6. The van der Waals surface area contributed by atoms with E-state index in [1.807, 2.05) is 4.90 Å². The minimum absolute atomic E-state index is 0.0869. The molecule has 2 aromatic carbocycles. The maximum Gasteiger partial charge on any atom is 0.254 e. The lowest BCUT2D eigenvalue weighted by molar-refractivity contribution is 0.0745. The number of methoxy groups -OCH3 is 2. The van der Waals surface area contributed by atoms with Gasteiger partial charge in [-0.2, -0.15) is 4.98 Å². The Hall–Kier alpha value is -3.88. The second-order valence-corrected chi connectivity index (χ2v) is 7.13. The third kappa shape index (κ3) is 4.88. The van der Waals surface area contributed by atoms with E-state index in [1.165, 1.54) is 24.3 Å². The Kier molecular flexibility index (Phi) is 6.34. The van der Waals surface area contributed by atoms with Crippen LogP contribution in [0.15, 0.2) is 54.7 Å². The summed E-state index contributed by atoms with van der Waals surface area (Å²) in [5.74, 6) is 2.08. The zero-order valence-electron chi connectivity index (χ0n) is 17.8. The average molecular weight is 438 g/mol. The van der Waals surface area contributed by atoms with Crippen molar-refractivity contribution in [3.63, 3.8) is 0 Å². The van der Waals surface area contributed by atoms with Gasteiger partial charge < -0.3 is 24.0 Å². The van der Waals surface area contributed by atoms with E-state index in [0.717, 1.165) is 0 Å². The molecule has 166 valence electrons. The highest BCUT2D eigenvalue weighted by Gasteiger charge is 2.24. The zero-order valence-corrected chi connectivity index (χ0v) is 17.8. The third-order valence-corrected chi connectivity index (χ3v) is 5.10. The lowest BCUT2D eigenvalue weighted by Gasteiger charge is -2.34. The summed E-state index contributed by atoms with van der Waals surface area (Å²) in [4.78, 5) is 25.5. The zero-order chi connectivity index (χ0) is 22.5. The first-order valence-corrected chi connectivity index (χ1v) is 10.1. The number of piperazine rings is 1. The Morgan fingerprint density at radius 2 is 1.56 bits per heavy atom. The number of benzene rings is 2. The summed E-state index contributed by atoms with van der Waals surface area (Å²) in [6, 6.07) is 12.5. The van der Waals surface area contributed by atoms with Crippen molar-refractivity contribution in [2.45, 2.75) is 0 Å². The molecule has 32 heavy (non-hydrogen) atoms. The summed E-state index contributed by atoms with van der Waals surface area (Å²) in [5.41, 5.74) is 0.514. The molecule has 0 unspecified atom stereocenters. The van der Waals surface area contributed by atoms with Crippen LogP contribution in [0.3, 0.4) is 0 Å². The molecule has 0 N–H and O–H groups in total. The largest absolute Gasteiger partial charge is 0.497 e. The van der Waals surface area contributed by atoms with Crippen molar-refractivity contribution in [1.29, 1.82) is 0 Å². The maximum atomic E-state index is 13.1. The lowest BCUT2D eigenvalue weighted by Crippen LogP contribution is -2.49. The molecule has 3 aromatic rings. The molecule has 1 saturated heterocycles. The highest BCUT2D eigenvalue weighted by atomic mass is 19.1. The van der Waals surface area contributed by atoms with Crippen molar-refractivity contribution in [2.75, 3.05) is 45.3 Å². The quantitative estimate of drug-likeness (QED) is 0.584. The molecular formula is C23H23FN4O4. The van der Waals surface area contributed by atoms with Gasteiger partial charge in [0.1, 0.15) is 23.1 Å². The maximum absolute atomic E-state index is 13.1. The van der Waals surface area contributed by atoms with E-state index in [4.69, 9.17) is 14.2 Å². The van der Waals surface area contributed by atoms with Crippen LogP contribution in [0.2, 0.25) is 0 Å². The van der Waals surface area contributed by atoms with Gasteiger partial charge in [-0.05, 0) is 36.4 Å². The molecule has 1 aliphatic rings. The van der Waals surface area contributed by atoms with Gasteiger partial charge in [0, 0.05) is 50.1 Å². The molecule has 9 heteroatoms. The molecule has 8 nitrogen and oxygen atoms in total. The summed E-state index contributed by atoms with van der Waals surface area (Å²) in [5, 5.41) is 0. The number of aromatic nitrogens is 2. The molecule has 0 radical (unpaired) electrons. The number of halogens is 1. The first-order chi connectivity index (χ1) is 15.6. The first-order valence-electron chi connectivity index (χ1n) is 10.1. The van der Waals surface area contributed by atoms with Crippen molar-refractivity contribution in [3.05, 3.63) is 66.1 Å². The minimum Gasteiger partial charge on any atom is -0.497 e. The van der Waals surface area contributed by atoms with Crippen LogP contribution in [0.4, 0.5) is 10.3 Å². The SMILES string of the molecule is COc1cc(OC)cc(C(=O)N2CCN(c3nccc(Oc4ccc(F)cc4)n3)CC2)c1. The van der Waals surface area contributed by atoms with Crippen LogP contribution in [0.5, 0.6) is 23.1 Å². The first kappa shape index (κ1) is 21.4. The van der Waals surface area contributed by atoms with Crippen molar-refractivity contribution in [2.24, 2.45) is 0 Å². The molecule has 0 spiro atoms. The molecule has 4 rings (SSSR count). The molecule has 1 fully saturated rings. The predicted octanol–water partition coefficient (Wildman–Crippen LogP) is 3.39. The van der Waals surface area contributed by atoms with Gasteiger partial charge in [0.05, 0.1) is 14.2 Å². The van der Waals surface area contributed by atoms with Crippen LogP contribution in [0.25, 0.3) is 0 Å². The molecule has 2 heterocycles. The van der Waals surface area contributed by atoms with Crippen LogP contribution < -0.4 is 19.1 Å². The van der Waals surface area contributed by atoms with Crippen LogP contribution in [0, 0.1) is 5.82 Å². The molecule has 1 amide bonds. The molecule has 0 saturated carbocycles. The summed E-state index contributed by atoms with van der Waals surface area (Å²) in [6.45, 7) is 2.19. The lowest BCUT2D eigenvalue weighted by atomic mass is 10.1. The Morgan fingerprint density at radius 1 is 0.906 bits per heavy atom. The van der Waals surface area contributed by atoms with Crippen LogP contribution in [-0.4, -0.2) is 61.2 Å². The highest BCUT2D eigenvalue weighted by molar-refractivity contribution is 5.95. The number of hydrogen-bond donors (Lipinski definition) is 0. The van der Waals surface area contributed by atoms with Gasteiger partial charge in [-0.15, -0.1) is 0 Å².